The molecule has 7 nitrogen and oxygen atoms in total. The highest BCUT2D eigenvalue weighted by Gasteiger charge is 2.18. The Morgan fingerprint density at radius 2 is 1.92 bits per heavy atom. The number of hydrogen-bond acceptors (Lipinski definition) is 5. The molecule has 1 amide bonds. The minimum Gasteiger partial charge on any atom is -0.497 e. The molecule has 3 aromatic rings. The van der Waals surface area contributed by atoms with Gasteiger partial charge in [-0.25, -0.2) is 4.68 Å². The summed E-state index contributed by atoms with van der Waals surface area (Å²) in [6.45, 7) is -0.171. The van der Waals surface area contributed by atoms with Crippen molar-refractivity contribution >= 4 is 22.4 Å². The average Bonchev–Trinajstić information content (AvgIpc) is 2.69. The number of likely N-dealkylation sites (N-methyl/N-ethyl adjacent to an activating group) is 1. The SMILES string of the molecule is COc1ccc(N(C)C(=O)Cn2ncc3ccccc3c2=O)c(OC)c1. The second kappa shape index (κ2) is 7.26. The summed E-state index contributed by atoms with van der Waals surface area (Å²) in [4.78, 5) is 26.6. The monoisotopic (exact) mass is 353 g/mol. The lowest BCUT2D eigenvalue weighted by molar-refractivity contribution is -0.119. The van der Waals surface area contributed by atoms with Crippen LogP contribution in [0.4, 0.5) is 5.69 Å². The predicted octanol–water partition coefficient (Wildman–Crippen LogP) is 2.08. The van der Waals surface area contributed by atoms with Gasteiger partial charge in [0, 0.05) is 18.5 Å². The molecule has 0 aliphatic rings. The van der Waals surface area contributed by atoms with E-state index in [4.69, 9.17) is 9.47 Å². The zero-order valence-corrected chi connectivity index (χ0v) is 14.8. The summed E-state index contributed by atoms with van der Waals surface area (Å²) in [6.07, 6.45) is 1.58. The lowest BCUT2D eigenvalue weighted by atomic mass is 10.2. The Morgan fingerprint density at radius 1 is 1.15 bits per heavy atom. The van der Waals surface area contributed by atoms with Crippen LogP contribution in [0, 0.1) is 0 Å². The van der Waals surface area contributed by atoms with Gasteiger partial charge in [-0.05, 0) is 18.2 Å². The minimum absolute atomic E-state index is 0.171. The zero-order chi connectivity index (χ0) is 18.7. The van der Waals surface area contributed by atoms with Gasteiger partial charge in [-0.3, -0.25) is 9.59 Å². The Bertz CT molecular complexity index is 1010. The highest BCUT2D eigenvalue weighted by atomic mass is 16.5. The van der Waals surface area contributed by atoms with E-state index in [1.165, 1.54) is 12.0 Å². The maximum Gasteiger partial charge on any atom is 0.275 e. The highest BCUT2D eigenvalue weighted by molar-refractivity contribution is 5.94. The maximum atomic E-state index is 12.7. The van der Waals surface area contributed by atoms with Crippen molar-refractivity contribution in [2.24, 2.45) is 0 Å². The van der Waals surface area contributed by atoms with E-state index in [-0.39, 0.29) is 18.0 Å². The molecule has 26 heavy (non-hydrogen) atoms. The molecule has 134 valence electrons. The molecule has 3 rings (SSSR count). The van der Waals surface area contributed by atoms with Crippen molar-refractivity contribution in [3.05, 3.63) is 59.0 Å². The Labute approximate surface area is 150 Å². The van der Waals surface area contributed by atoms with Crippen molar-refractivity contribution in [1.29, 1.82) is 0 Å². The first-order chi connectivity index (χ1) is 12.5. The van der Waals surface area contributed by atoms with E-state index in [2.05, 4.69) is 5.10 Å². The third-order valence-electron chi connectivity index (χ3n) is 4.17. The van der Waals surface area contributed by atoms with Crippen molar-refractivity contribution in [1.82, 2.24) is 9.78 Å². The van der Waals surface area contributed by atoms with E-state index in [9.17, 15) is 9.59 Å². The van der Waals surface area contributed by atoms with Crippen LogP contribution >= 0.6 is 0 Å². The van der Waals surface area contributed by atoms with E-state index in [0.717, 1.165) is 10.1 Å². The predicted molar refractivity (Wildman–Crippen MR) is 99.0 cm³/mol. The largest absolute Gasteiger partial charge is 0.497 e. The number of methoxy groups -OCH3 is 2. The minimum atomic E-state index is -0.299. The van der Waals surface area contributed by atoms with Crippen LogP contribution in [-0.4, -0.2) is 37.0 Å². The Balaban J connectivity index is 1.89. The lowest BCUT2D eigenvalue weighted by Gasteiger charge is -2.20. The first-order valence-corrected chi connectivity index (χ1v) is 7.98. The number of benzene rings is 2. The fourth-order valence-corrected chi connectivity index (χ4v) is 2.67. The van der Waals surface area contributed by atoms with E-state index in [1.54, 1.807) is 50.7 Å². The van der Waals surface area contributed by atoms with Crippen LogP contribution < -0.4 is 19.9 Å². The molecule has 0 aliphatic heterocycles. The molecule has 0 N–H and O–H groups in total. The van der Waals surface area contributed by atoms with Crippen molar-refractivity contribution in [2.45, 2.75) is 6.54 Å². The first-order valence-electron chi connectivity index (χ1n) is 7.98. The maximum absolute atomic E-state index is 12.7. The van der Waals surface area contributed by atoms with Gasteiger partial charge in [0.25, 0.3) is 5.56 Å². The summed E-state index contributed by atoms with van der Waals surface area (Å²) >= 11 is 0. The summed E-state index contributed by atoms with van der Waals surface area (Å²) in [5, 5.41) is 5.37. The molecular weight excluding hydrogens is 334 g/mol. The number of fused-ring (bicyclic) bond motifs is 1. The van der Waals surface area contributed by atoms with Crippen molar-refractivity contribution < 1.29 is 14.3 Å². The average molecular weight is 353 g/mol. The molecule has 0 radical (unpaired) electrons. The summed E-state index contributed by atoms with van der Waals surface area (Å²) in [6, 6.07) is 12.3. The molecule has 0 aliphatic carbocycles. The van der Waals surface area contributed by atoms with Gasteiger partial charge < -0.3 is 14.4 Å². The van der Waals surface area contributed by atoms with Gasteiger partial charge in [0.1, 0.15) is 18.0 Å². The van der Waals surface area contributed by atoms with Crippen molar-refractivity contribution in [3.63, 3.8) is 0 Å². The molecule has 0 saturated carbocycles. The fourth-order valence-electron chi connectivity index (χ4n) is 2.67. The molecule has 7 heteroatoms. The van der Waals surface area contributed by atoms with E-state index in [0.29, 0.717) is 22.6 Å². The molecule has 0 spiro atoms. The molecule has 0 unspecified atom stereocenters. The number of rotatable bonds is 5. The van der Waals surface area contributed by atoms with Gasteiger partial charge >= 0.3 is 0 Å². The number of aromatic nitrogens is 2. The molecule has 0 bridgehead atoms. The smallest absolute Gasteiger partial charge is 0.275 e. The van der Waals surface area contributed by atoms with Gasteiger partial charge in [-0.15, -0.1) is 0 Å². The second-order valence-electron chi connectivity index (χ2n) is 5.69. The summed E-state index contributed by atoms with van der Waals surface area (Å²) in [5.74, 6) is 0.830. The first kappa shape index (κ1) is 17.5. The number of ether oxygens (including phenoxy) is 2. The second-order valence-corrected chi connectivity index (χ2v) is 5.69. The normalized spacial score (nSPS) is 10.6. The van der Waals surface area contributed by atoms with Crippen LogP contribution in [0.2, 0.25) is 0 Å². The zero-order valence-electron chi connectivity index (χ0n) is 14.8. The fraction of sp³-hybridized carbons (Fsp3) is 0.211. The summed E-state index contributed by atoms with van der Waals surface area (Å²) in [5.41, 5.74) is 0.277. The van der Waals surface area contributed by atoms with Crippen molar-refractivity contribution in [3.8, 4) is 11.5 Å². The number of anilines is 1. The third kappa shape index (κ3) is 3.23. The van der Waals surface area contributed by atoms with E-state index < -0.39 is 0 Å². The number of amides is 1. The molecular formula is C19H19N3O4. The van der Waals surface area contributed by atoms with Crippen LogP contribution in [0.3, 0.4) is 0 Å². The lowest BCUT2D eigenvalue weighted by Crippen LogP contribution is -2.35. The molecule has 2 aromatic carbocycles. The Hall–Kier alpha value is -3.35. The van der Waals surface area contributed by atoms with Crippen LogP contribution in [-0.2, 0) is 11.3 Å². The molecule has 1 heterocycles. The number of carbonyl (C=O) groups excluding carboxylic acids is 1. The van der Waals surface area contributed by atoms with Gasteiger partial charge in [0.05, 0.1) is 31.5 Å². The van der Waals surface area contributed by atoms with Crippen LogP contribution in [0.25, 0.3) is 10.8 Å². The standard InChI is InChI=1S/C19H19N3O4/c1-21(16-9-8-14(25-2)10-17(16)26-3)18(23)12-22-19(24)15-7-5-4-6-13(15)11-20-22/h4-11H,12H2,1-3H3. The summed E-state index contributed by atoms with van der Waals surface area (Å²) < 4.78 is 11.7. The molecule has 0 fully saturated rings. The van der Waals surface area contributed by atoms with E-state index in [1.807, 2.05) is 12.1 Å². The number of carbonyl (C=O) groups is 1. The molecule has 1 aromatic heterocycles. The number of hydrogen-bond donors (Lipinski definition) is 0. The van der Waals surface area contributed by atoms with Gasteiger partial charge in [-0.1, -0.05) is 18.2 Å². The third-order valence-corrected chi connectivity index (χ3v) is 4.17. The molecule has 0 atom stereocenters. The van der Waals surface area contributed by atoms with E-state index >= 15 is 0 Å². The van der Waals surface area contributed by atoms with Crippen LogP contribution in [0.15, 0.2) is 53.5 Å². The topological polar surface area (TPSA) is 73.7 Å². The number of nitrogens with zero attached hydrogens (tertiary/aromatic N) is 3. The quantitative estimate of drug-likeness (QED) is 0.702. The van der Waals surface area contributed by atoms with Crippen LogP contribution in [0.5, 0.6) is 11.5 Å². The van der Waals surface area contributed by atoms with Crippen molar-refractivity contribution in [2.75, 3.05) is 26.2 Å². The van der Waals surface area contributed by atoms with Gasteiger partial charge in [0.2, 0.25) is 5.91 Å². The highest BCUT2D eigenvalue weighted by Crippen LogP contribution is 2.31. The van der Waals surface area contributed by atoms with Gasteiger partial charge in [-0.2, -0.15) is 5.10 Å². The Morgan fingerprint density at radius 3 is 2.65 bits per heavy atom. The van der Waals surface area contributed by atoms with Gasteiger partial charge in [0.15, 0.2) is 0 Å². The Kier molecular flexibility index (Phi) is 4.88. The molecule has 0 saturated heterocycles. The summed E-state index contributed by atoms with van der Waals surface area (Å²) in [7, 11) is 4.70. The van der Waals surface area contributed by atoms with Crippen LogP contribution in [0.1, 0.15) is 0 Å².